The maximum Gasteiger partial charge on any atom is 0.310 e. The predicted octanol–water partition coefficient (Wildman–Crippen LogP) is 3.24. The summed E-state index contributed by atoms with van der Waals surface area (Å²) in [6.07, 6.45) is 1.46. The molecular weight excluding hydrogens is 389 g/mol. The highest BCUT2D eigenvalue weighted by atomic mass is 19.1. The molecule has 158 valence electrons. The number of likely N-dealkylation sites (tertiary alicyclic amines) is 1. The van der Waals surface area contributed by atoms with Crippen LogP contribution in [0.5, 0.6) is 5.75 Å². The molecule has 1 fully saturated rings. The van der Waals surface area contributed by atoms with Crippen LogP contribution in [0.15, 0.2) is 48.5 Å². The molecule has 0 radical (unpaired) electrons. The Labute approximate surface area is 174 Å². The van der Waals surface area contributed by atoms with Crippen LogP contribution in [0.1, 0.15) is 35.7 Å². The normalized spacial score (nSPS) is 16.1. The van der Waals surface area contributed by atoms with Crippen molar-refractivity contribution in [3.8, 4) is 5.75 Å². The van der Waals surface area contributed by atoms with Crippen LogP contribution in [-0.2, 0) is 14.3 Å². The average Bonchev–Trinajstić information content (AvgIpc) is 2.78. The lowest BCUT2D eigenvalue weighted by atomic mass is 9.98. The van der Waals surface area contributed by atoms with Gasteiger partial charge in [-0.3, -0.25) is 14.4 Å². The summed E-state index contributed by atoms with van der Waals surface area (Å²) >= 11 is 0. The van der Waals surface area contributed by atoms with Crippen molar-refractivity contribution in [3.05, 3.63) is 65.5 Å². The molecule has 3 rings (SSSR count). The van der Waals surface area contributed by atoms with Crippen molar-refractivity contribution in [3.63, 3.8) is 0 Å². The zero-order valence-corrected chi connectivity index (χ0v) is 16.8. The number of ether oxygens (including phenoxy) is 2. The van der Waals surface area contributed by atoms with Crippen LogP contribution < -0.4 is 4.74 Å². The third-order valence-corrected chi connectivity index (χ3v) is 4.98. The summed E-state index contributed by atoms with van der Waals surface area (Å²) < 4.78 is 23.6. The van der Waals surface area contributed by atoms with E-state index in [1.807, 2.05) is 0 Å². The van der Waals surface area contributed by atoms with Gasteiger partial charge in [0.1, 0.15) is 11.6 Å². The molecule has 0 saturated carbocycles. The molecular formula is C23H24FNO5. The molecule has 1 amide bonds. The highest BCUT2D eigenvalue weighted by Gasteiger charge is 2.29. The lowest BCUT2D eigenvalue weighted by Gasteiger charge is -2.31. The largest absolute Gasteiger partial charge is 0.484 e. The Hall–Kier alpha value is -3.22. The number of piperidine rings is 1. The summed E-state index contributed by atoms with van der Waals surface area (Å²) in [4.78, 5) is 38.4. The molecule has 6 nitrogen and oxygen atoms in total. The van der Waals surface area contributed by atoms with Gasteiger partial charge in [0.15, 0.2) is 12.4 Å². The van der Waals surface area contributed by atoms with Gasteiger partial charge in [-0.1, -0.05) is 0 Å². The number of hydrogen-bond acceptors (Lipinski definition) is 5. The van der Waals surface area contributed by atoms with Gasteiger partial charge >= 0.3 is 5.97 Å². The molecule has 1 aliphatic heterocycles. The van der Waals surface area contributed by atoms with Gasteiger partial charge in [0, 0.05) is 24.2 Å². The van der Waals surface area contributed by atoms with Gasteiger partial charge in [0.2, 0.25) is 0 Å². The number of carbonyl (C=O) groups excluding carboxylic acids is 3. The summed E-state index contributed by atoms with van der Waals surface area (Å²) in [5, 5.41) is 0. The minimum atomic E-state index is -0.401. The fourth-order valence-electron chi connectivity index (χ4n) is 3.36. The van der Waals surface area contributed by atoms with Crippen molar-refractivity contribution >= 4 is 17.7 Å². The van der Waals surface area contributed by atoms with E-state index in [0.29, 0.717) is 43.0 Å². The van der Waals surface area contributed by atoms with Crippen molar-refractivity contribution in [2.75, 3.05) is 26.3 Å². The first-order valence-corrected chi connectivity index (χ1v) is 9.95. The number of halogens is 1. The van der Waals surface area contributed by atoms with Crippen LogP contribution in [0.3, 0.4) is 0 Å². The van der Waals surface area contributed by atoms with E-state index in [1.54, 1.807) is 36.1 Å². The molecule has 0 aliphatic carbocycles. The Morgan fingerprint density at radius 1 is 1.03 bits per heavy atom. The highest BCUT2D eigenvalue weighted by molar-refractivity contribution is 6.09. The standard InChI is InChI=1S/C23H24FNO5/c1-2-29-23(28)18-4-3-13-25(14-18)21(26)15-30-20-11-7-17(8-12-20)22(27)16-5-9-19(24)10-6-16/h5-12,18H,2-4,13-15H2,1H3/t18-/m0/s1. The topological polar surface area (TPSA) is 72.9 Å². The van der Waals surface area contributed by atoms with Gasteiger partial charge in [0.25, 0.3) is 5.91 Å². The minimum absolute atomic E-state index is 0.152. The van der Waals surface area contributed by atoms with Crippen molar-refractivity contribution in [1.29, 1.82) is 0 Å². The van der Waals surface area contributed by atoms with E-state index in [9.17, 15) is 18.8 Å². The molecule has 0 unspecified atom stereocenters. The third kappa shape index (κ3) is 5.43. The summed E-state index contributed by atoms with van der Waals surface area (Å²) in [6, 6.07) is 11.8. The zero-order valence-electron chi connectivity index (χ0n) is 16.8. The van der Waals surface area contributed by atoms with E-state index in [1.165, 1.54) is 24.3 Å². The van der Waals surface area contributed by atoms with Gasteiger partial charge in [0.05, 0.1) is 12.5 Å². The number of ketones is 1. The third-order valence-electron chi connectivity index (χ3n) is 4.98. The highest BCUT2D eigenvalue weighted by Crippen LogP contribution is 2.19. The molecule has 2 aromatic carbocycles. The van der Waals surface area contributed by atoms with Crippen LogP contribution in [-0.4, -0.2) is 48.9 Å². The smallest absolute Gasteiger partial charge is 0.310 e. The van der Waals surface area contributed by atoms with Crippen LogP contribution >= 0.6 is 0 Å². The van der Waals surface area contributed by atoms with Crippen molar-refractivity contribution in [2.45, 2.75) is 19.8 Å². The molecule has 0 N–H and O–H groups in total. The van der Waals surface area contributed by atoms with Gasteiger partial charge in [-0.15, -0.1) is 0 Å². The predicted molar refractivity (Wildman–Crippen MR) is 108 cm³/mol. The van der Waals surface area contributed by atoms with E-state index in [2.05, 4.69) is 0 Å². The van der Waals surface area contributed by atoms with Crippen LogP contribution in [0.4, 0.5) is 4.39 Å². The Morgan fingerprint density at radius 2 is 1.67 bits per heavy atom. The Balaban J connectivity index is 1.53. The molecule has 2 aromatic rings. The summed E-state index contributed by atoms with van der Waals surface area (Å²) in [5.74, 6) is -0.927. The average molecular weight is 413 g/mol. The maximum absolute atomic E-state index is 13.0. The van der Waals surface area contributed by atoms with E-state index in [4.69, 9.17) is 9.47 Å². The first-order chi connectivity index (χ1) is 14.5. The van der Waals surface area contributed by atoms with Crippen LogP contribution in [0.25, 0.3) is 0 Å². The first-order valence-electron chi connectivity index (χ1n) is 9.95. The fraction of sp³-hybridized carbons (Fsp3) is 0.348. The number of nitrogens with zero attached hydrogens (tertiary/aromatic N) is 1. The van der Waals surface area contributed by atoms with Crippen LogP contribution in [0.2, 0.25) is 0 Å². The molecule has 1 heterocycles. The Bertz CT molecular complexity index is 895. The van der Waals surface area contributed by atoms with Crippen molar-refractivity contribution in [1.82, 2.24) is 4.90 Å². The number of hydrogen-bond donors (Lipinski definition) is 0. The lowest BCUT2D eigenvalue weighted by molar-refractivity contribution is -0.151. The molecule has 0 aromatic heterocycles. The van der Waals surface area contributed by atoms with E-state index >= 15 is 0 Å². The quantitative estimate of drug-likeness (QED) is 0.515. The number of esters is 1. The zero-order chi connectivity index (χ0) is 21.5. The fourth-order valence-corrected chi connectivity index (χ4v) is 3.36. The summed E-state index contributed by atoms with van der Waals surface area (Å²) in [7, 11) is 0. The molecule has 7 heteroatoms. The molecule has 1 saturated heterocycles. The number of benzene rings is 2. The molecule has 30 heavy (non-hydrogen) atoms. The summed E-state index contributed by atoms with van der Waals surface area (Å²) in [5.41, 5.74) is 0.829. The number of carbonyl (C=O) groups is 3. The second kappa shape index (κ2) is 10.0. The first kappa shape index (κ1) is 21.5. The molecule has 1 aliphatic rings. The maximum atomic E-state index is 13.0. The van der Waals surface area contributed by atoms with Crippen molar-refractivity contribution in [2.24, 2.45) is 5.92 Å². The Morgan fingerprint density at radius 3 is 2.30 bits per heavy atom. The molecule has 1 atom stereocenters. The van der Waals surface area contributed by atoms with Gasteiger partial charge in [-0.05, 0) is 68.3 Å². The Kier molecular flexibility index (Phi) is 7.17. The second-order valence-corrected chi connectivity index (χ2v) is 7.08. The minimum Gasteiger partial charge on any atom is -0.484 e. The monoisotopic (exact) mass is 413 g/mol. The van der Waals surface area contributed by atoms with Gasteiger partial charge in [-0.25, -0.2) is 4.39 Å². The van der Waals surface area contributed by atoms with Crippen molar-refractivity contribution < 1.29 is 28.2 Å². The van der Waals surface area contributed by atoms with E-state index in [-0.39, 0.29) is 30.2 Å². The van der Waals surface area contributed by atoms with Gasteiger partial charge in [-0.2, -0.15) is 0 Å². The SMILES string of the molecule is CCOC(=O)[C@H]1CCCN(C(=O)COc2ccc(C(=O)c3ccc(F)cc3)cc2)C1. The van der Waals surface area contributed by atoms with E-state index < -0.39 is 5.82 Å². The number of rotatable bonds is 7. The lowest BCUT2D eigenvalue weighted by Crippen LogP contribution is -2.44. The van der Waals surface area contributed by atoms with Gasteiger partial charge < -0.3 is 14.4 Å². The molecule has 0 bridgehead atoms. The van der Waals surface area contributed by atoms with E-state index in [0.717, 1.165) is 6.42 Å². The molecule has 0 spiro atoms. The summed E-state index contributed by atoms with van der Waals surface area (Å²) in [6.45, 7) is 2.86. The second-order valence-electron chi connectivity index (χ2n) is 7.08. The van der Waals surface area contributed by atoms with Crippen LogP contribution in [0, 0.1) is 11.7 Å². The number of amides is 1.